The van der Waals surface area contributed by atoms with Gasteiger partial charge >= 0.3 is 0 Å². The Kier molecular flexibility index (Phi) is 6.28. The zero-order valence-corrected chi connectivity index (χ0v) is 17.2. The number of nitro groups is 1. The van der Waals surface area contributed by atoms with Crippen molar-refractivity contribution in [3.8, 4) is 0 Å². The summed E-state index contributed by atoms with van der Waals surface area (Å²) >= 11 is 0. The fourth-order valence-corrected chi connectivity index (χ4v) is 4.52. The first-order valence-electron chi connectivity index (χ1n) is 10.7. The molecule has 0 spiro atoms. The maximum atomic E-state index is 12.8. The molecule has 2 heterocycles. The number of carbonyl (C=O) groups is 1. The summed E-state index contributed by atoms with van der Waals surface area (Å²) in [6, 6.07) is 17.4. The summed E-state index contributed by atoms with van der Waals surface area (Å²) < 4.78 is 0. The normalized spacial score (nSPS) is 18.4. The van der Waals surface area contributed by atoms with Gasteiger partial charge in [0.15, 0.2) is 0 Å². The van der Waals surface area contributed by atoms with Crippen LogP contribution in [-0.2, 0) is 4.79 Å². The third kappa shape index (κ3) is 4.62. The van der Waals surface area contributed by atoms with E-state index in [1.165, 1.54) is 11.6 Å². The van der Waals surface area contributed by atoms with E-state index >= 15 is 0 Å². The third-order valence-electron chi connectivity index (χ3n) is 6.27. The summed E-state index contributed by atoms with van der Waals surface area (Å²) in [5.41, 5.74) is 2.16. The Hall–Kier alpha value is -2.93. The van der Waals surface area contributed by atoms with E-state index in [4.69, 9.17) is 0 Å². The van der Waals surface area contributed by atoms with Gasteiger partial charge in [0.2, 0.25) is 5.91 Å². The topological polar surface area (TPSA) is 69.9 Å². The Labute approximate surface area is 177 Å². The smallest absolute Gasteiger partial charge is 0.292 e. The van der Waals surface area contributed by atoms with Gasteiger partial charge in [0.1, 0.15) is 5.69 Å². The molecule has 1 amide bonds. The van der Waals surface area contributed by atoms with Crippen LogP contribution in [0.15, 0.2) is 54.6 Å². The lowest BCUT2D eigenvalue weighted by atomic mass is 9.89. The zero-order valence-electron chi connectivity index (χ0n) is 17.2. The van der Waals surface area contributed by atoms with Crippen LogP contribution in [0.3, 0.4) is 0 Å². The highest BCUT2D eigenvalue weighted by molar-refractivity contribution is 5.78. The molecule has 7 nitrogen and oxygen atoms in total. The molecule has 0 bridgehead atoms. The molecule has 2 aliphatic heterocycles. The summed E-state index contributed by atoms with van der Waals surface area (Å²) in [6.45, 7) is 4.80. The molecule has 0 N–H and O–H groups in total. The number of nitro benzene ring substituents is 1. The van der Waals surface area contributed by atoms with E-state index in [9.17, 15) is 14.9 Å². The van der Waals surface area contributed by atoms with E-state index in [1.54, 1.807) is 12.1 Å². The van der Waals surface area contributed by atoms with Crippen LogP contribution in [0.5, 0.6) is 0 Å². The van der Waals surface area contributed by atoms with Crippen molar-refractivity contribution in [3.05, 3.63) is 70.3 Å². The van der Waals surface area contributed by atoms with Gasteiger partial charge < -0.3 is 9.80 Å². The number of piperidine rings is 1. The predicted molar refractivity (Wildman–Crippen MR) is 117 cm³/mol. The minimum Gasteiger partial charge on any atom is -0.362 e. The average molecular weight is 409 g/mol. The monoisotopic (exact) mass is 408 g/mol. The van der Waals surface area contributed by atoms with Crippen molar-refractivity contribution in [1.82, 2.24) is 9.80 Å². The number of piperazine rings is 1. The van der Waals surface area contributed by atoms with Crippen molar-refractivity contribution in [2.24, 2.45) is 0 Å². The van der Waals surface area contributed by atoms with E-state index in [1.807, 2.05) is 21.9 Å². The van der Waals surface area contributed by atoms with Crippen molar-refractivity contribution >= 4 is 17.3 Å². The predicted octanol–water partition coefficient (Wildman–Crippen LogP) is 3.12. The number of rotatable bonds is 5. The van der Waals surface area contributed by atoms with E-state index < -0.39 is 0 Å². The van der Waals surface area contributed by atoms with E-state index in [-0.39, 0.29) is 16.5 Å². The van der Waals surface area contributed by atoms with Gasteiger partial charge in [-0.1, -0.05) is 42.5 Å². The Balaban J connectivity index is 1.26. The highest BCUT2D eigenvalue weighted by Gasteiger charge is 2.27. The van der Waals surface area contributed by atoms with Gasteiger partial charge in [-0.25, -0.2) is 0 Å². The lowest BCUT2D eigenvalue weighted by Crippen LogP contribution is -2.52. The van der Waals surface area contributed by atoms with Gasteiger partial charge in [0.05, 0.1) is 11.5 Å². The van der Waals surface area contributed by atoms with Crippen LogP contribution in [0.1, 0.15) is 24.3 Å². The summed E-state index contributed by atoms with van der Waals surface area (Å²) in [6.07, 6.45) is 2.17. The van der Waals surface area contributed by atoms with Crippen LogP contribution < -0.4 is 4.90 Å². The molecule has 0 radical (unpaired) electrons. The Morgan fingerprint density at radius 2 is 1.53 bits per heavy atom. The average Bonchev–Trinajstić information content (AvgIpc) is 2.80. The molecule has 0 unspecified atom stereocenters. The fraction of sp³-hybridized carbons (Fsp3) is 0.435. The fourth-order valence-electron chi connectivity index (χ4n) is 4.52. The van der Waals surface area contributed by atoms with Crippen molar-refractivity contribution < 1.29 is 9.72 Å². The van der Waals surface area contributed by atoms with Crippen molar-refractivity contribution in [1.29, 1.82) is 0 Å². The quantitative estimate of drug-likeness (QED) is 0.562. The molecule has 0 aromatic heterocycles. The Bertz CT molecular complexity index is 873. The van der Waals surface area contributed by atoms with Crippen molar-refractivity contribution in [2.75, 3.05) is 50.7 Å². The number of anilines is 1. The van der Waals surface area contributed by atoms with Gasteiger partial charge in [-0.15, -0.1) is 0 Å². The molecule has 2 aromatic carbocycles. The molecule has 0 atom stereocenters. The molecule has 4 rings (SSSR count). The standard InChI is InChI=1S/C23H28N4O3/c28-23(18-24-12-10-20(11-13-24)19-6-2-1-3-7-19)26-16-14-25(15-17-26)21-8-4-5-9-22(21)27(29)30/h1-9,20H,10-18H2. The number of hydrogen-bond acceptors (Lipinski definition) is 5. The van der Waals surface area contributed by atoms with Gasteiger partial charge in [-0.3, -0.25) is 19.8 Å². The Morgan fingerprint density at radius 3 is 2.20 bits per heavy atom. The molecule has 0 saturated carbocycles. The van der Waals surface area contributed by atoms with Crippen molar-refractivity contribution in [2.45, 2.75) is 18.8 Å². The highest BCUT2D eigenvalue weighted by Crippen LogP contribution is 2.29. The second-order valence-corrected chi connectivity index (χ2v) is 8.07. The van der Waals surface area contributed by atoms with E-state index in [2.05, 4.69) is 29.2 Å². The maximum absolute atomic E-state index is 12.8. The molecule has 158 valence electrons. The first-order valence-corrected chi connectivity index (χ1v) is 10.7. The number of para-hydroxylation sites is 2. The van der Waals surface area contributed by atoms with Crippen LogP contribution in [0.2, 0.25) is 0 Å². The minimum atomic E-state index is -0.341. The molecule has 2 fully saturated rings. The number of likely N-dealkylation sites (tertiary alicyclic amines) is 1. The van der Waals surface area contributed by atoms with Gasteiger partial charge in [0, 0.05) is 32.2 Å². The minimum absolute atomic E-state index is 0.124. The van der Waals surface area contributed by atoms with E-state index in [0.29, 0.717) is 44.3 Å². The number of carbonyl (C=O) groups excluding carboxylic acids is 1. The highest BCUT2D eigenvalue weighted by atomic mass is 16.6. The SMILES string of the molecule is O=C(CN1CCC(c2ccccc2)CC1)N1CCN(c2ccccc2[N+](=O)[O-])CC1. The van der Waals surface area contributed by atoms with Crippen LogP contribution in [0, 0.1) is 10.1 Å². The van der Waals surface area contributed by atoms with Gasteiger partial charge in [-0.05, 0) is 43.5 Å². The van der Waals surface area contributed by atoms with E-state index in [0.717, 1.165) is 25.9 Å². The van der Waals surface area contributed by atoms with Crippen LogP contribution in [0.25, 0.3) is 0 Å². The third-order valence-corrected chi connectivity index (χ3v) is 6.27. The second kappa shape index (κ2) is 9.26. The van der Waals surface area contributed by atoms with Crippen LogP contribution >= 0.6 is 0 Å². The molecule has 7 heteroatoms. The van der Waals surface area contributed by atoms with Crippen molar-refractivity contribution in [3.63, 3.8) is 0 Å². The molecule has 2 aliphatic rings. The number of benzene rings is 2. The molecular formula is C23H28N4O3. The summed E-state index contributed by atoms with van der Waals surface area (Å²) in [5.74, 6) is 0.748. The molecule has 2 saturated heterocycles. The molecule has 30 heavy (non-hydrogen) atoms. The van der Waals surface area contributed by atoms with Gasteiger partial charge in [-0.2, -0.15) is 0 Å². The summed E-state index contributed by atoms with van der Waals surface area (Å²) in [7, 11) is 0. The number of amides is 1. The maximum Gasteiger partial charge on any atom is 0.292 e. The molecule has 0 aliphatic carbocycles. The lowest BCUT2D eigenvalue weighted by molar-refractivity contribution is -0.384. The summed E-state index contributed by atoms with van der Waals surface area (Å²) in [5, 5.41) is 11.3. The zero-order chi connectivity index (χ0) is 20.9. The number of hydrogen-bond donors (Lipinski definition) is 0. The van der Waals surface area contributed by atoms with Crippen LogP contribution in [0.4, 0.5) is 11.4 Å². The van der Waals surface area contributed by atoms with Gasteiger partial charge in [0.25, 0.3) is 5.69 Å². The first-order chi connectivity index (χ1) is 14.6. The molecule has 2 aromatic rings. The first kappa shape index (κ1) is 20.3. The molecular weight excluding hydrogens is 380 g/mol. The lowest BCUT2D eigenvalue weighted by Gasteiger charge is -2.38. The summed E-state index contributed by atoms with van der Waals surface area (Å²) in [4.78, 5) is 29.9. The number of nitrogens with zero attached hydrogens (tertiary/aromatic N) is 4. The van der Waals surface area contributed by atoms with Crippen LogP contribution in [-0.4, -0.2) is 66.4 Å². The Morgan fingerprint density at radius 1 is 0.900 bits per heavy atom. The largest absolute Gasteiger partial charge is 0.362 e. The second-order valence-electron chi connectivity index (χ2n) is 8.07.